The van der Waals surface area contributed by atoms with Gasteiger partial charge in [0, 0.05) is 73.1 Å². The van der Waals surface area contributed by atoms with Crippen molar-refractivity contribution in [2.24, 2.45) is 0 Å². The lowest BCUT2D eigenvalue weighted by atomic mass is 10.5. The summed E-state index contributed by atoms with van der Waals surface area (Å²) in [5.74, 6) is 3.95. The molecule has 13 heteroatoms. The Bertz CT molecular complexity index is 400. The number of hydrogen-bond acceptors (Lipinski definition) is 13. The number of nitrogens with zero attached hydrogens (tertiary/aromatic N) is 2. The van der Waals surface area contributed by atoms with Crippen LogP contribution in [-0.2, 0) is 9.47 Å². The second-order valence-electron chi connectivity index (χ2n) is 5.19. The molecule has 0 atom stereocenters. The van der Waals surface area contributed by atoms with Crippen LogP contribution in [0, 0.1) is 0 Å². The molecule has 0 aromatic rings. The Morgan fingerprint density at radius 1 is 0.667 bits per heavy atom. The lowest BCUT2D eigenvalue weighted by molar-refractivity contribution is 0.0775. The fourth-order valence-electron chi connectivity index (χ4n) is 1.98. The summed E-state index contributed by atoms with van der Waals surface area (Å²) in [4.78, 5) is 23.7. The van der Waals surface area contributed by atoms with Gasteiger partial charge in [-0.2, -0.15) is 11.8 Å². The molecule has 0 aromatic heterocycles. The molecule has 0 amide bonds. The van der Waals surface area contributed by atoms with Crippen molar-refractivity contribution in [1.29, 1.82) is 0 Å². The maximum atomic E-state index is 11.9. The van der Waals surface area contributed by atoms with Gasteiger partial charge in [0.05, 0.1) is 26.4 Å². The number of thioether (sulfide) groups is 1. The van der Waals surface area contributed by atoms with E-state index in [9.17, 15) is 9.59 Å². The van der Waals surface area contributed by atoms with Gasteiger partial charge >= 0.3 is 0 Å². The molecule has 2 aliphatic heterocycles. The number of hydrogen-bond donors (Lipinski definition) is 0. The van der Waals surface area contributed by atoms with Crippen molar-refractivity contribution in [3.8, 4) is 0 Å². The fourth-order valence-corrected chi connectivity index (χ4v) is 9.71. The zero-order valence-electron chi connectivity index (χ0n) is 14.9. The molecule has 2 heterocycles. The van der Waals surface area contributed by atoms with Crippen LogP contribution >= 0.6 is 78.8 Å². The monoisotopic (exact) mass is 508 g/mol. The van der Waals surface area contributed by atoms with Crippen LogP contribution in [0.25, 0.3) is 0 Å². The van der Waals surface area contributed by atoms with Gasteiger partial charge in [-0.1, -0.05) is 21.6 Å². The largest absolute Gasteiger partial charge is 0.379 e. The van der Waals surface area contributed by atoms with Crippen LogP contribution < -0.4 is 0 Å². The third-order valence-corrected chi connectivity index (χ3v) is 11.7. The van der Waals surface area contributed by atoms with E-state index in [0.717, 1.165) is 49.2 Å². The smallest absolute Gasteiger partial charge is 0.271 e. The Kier molecular flexibility index (Phi) is 15.1. The van der Waals surface area contributed by atoms with Gasteiger partial charge in [0.1, 0.15) is 0 Å². The predicted octanol–water partition coefficient (Wildman–Crippen LogP) is 4.68. The Labute approximate surface area is 189 Å². The zero-order valence-corrected chi connectivity index (χ0v) is 20.6. The van der Waals surface area contributed by atoms with Crippen molar-refractivity contribution in [2.75, 3.05) is 75.6 Å². The number of rotatable bonds is 10. The van der Waals surface area contributed by atoms with Crippen molar-refractivity contribution in [3.63, 3.8) is 0 Å². The first kappa shape index (κ1) is 24.9. The molecule has 0 unspecified atom stereocenters. The van der Waals surface area contributed by atoms with Gasteiger partial charge in [0.2, 0.25) is 0 Å². The molecule has 0 spiro atoms. The van der Waals surface area contributed by atoms with Crippen molar-refractivity contribution in [3.05, 3.63) is 0 Å². The third-order valence-electron chi connectivity index (χ3n) is 3.22. The lowest BCUT2D eigenvalue weighted by Crippen LogP contribution is -2.31. The molecule has 2 aliphatic rings. The summed E-state index contributed by atoms with van der Waals surface area (Å²) >= 11 is 4.49. The van der Waals surface area contributed by atoms with E-state index < -0.39 is 0 Å². The van der Waals surface area contributed by atoms with Gasteiger partial charge in [-0.15, -0.1) is 0 Å². The molecule has 0 saturated carbocycles. The highest BCUT2D eigenvalue weighted by Crippen LogP contribution is 2.33. The average Bonchev–Trinajstić information content (AvgIpc) is 2.68. The van der Waals surface area contributed by atoms with E-state index in [-0.39, 0.29) is 8.89 Å². The second kappa shape index (κ2) is 16.3. The van der Waals surface area contributed by atoms with Gasteiger partial charge in [0.25, 0.3) is 8.89 Å². The van der Waals surface area contributed by atoms with E-state index >= 15 is 0 Å². The minimum Gasteiger partial charge on any atom is -0.379 e. The van der Waals surface area contributed by atoms with Crippen LogP contribution in [-0.4, -0.2) is 93.1 Å². The second-order valence-corrected chi connectivity index (χ2v) is 13.8. The number of morpholine rings is 2. The van der Waals surface area contributed by atoms with E-state index in [0.29, 0.717) is 26.4 Å². The first-order valence-corrected chi connectivity index (χ1v) is 15.8. The predicted molar refractivity (Wildman–Crippen MR) is 128 cm³/mol. The highest BCUT2D eigenvalue weighted by atomic mass is 33.1. The van der Waals surface area contributed by atoms with Crippen LogP contribution in [0.2, 0.25) is 0 Å². The molecule has 0 aliphatic carbocycles. The van der Waals surface area contributed by atoms with Crippen molar-refractivity contribution >= 4 is 87.7 Å². The summed E-state index contributed by atoms with van der Waals surface area (Å²) in [6.07, 6.45) is 0. The Morgan fingerprint density at radius 3 is 1.48 bits per heavy atom. The summed E-state index contributed by atoms with van der Waals surface area (Å²) < 4.78 is 15.0. The van der Waals surface area contributed by atoms with E-state index in [2.05, 4.69) is 8.61 Å². The van der Waals surface area contributed by atoms with Crippen molar-refractivity contribution < 1.29 is 19.1 Å². The van der Waals surface area contributed by atoms with Gasteiger partial charge in [-0.25, -0.2) is 8.61 Å². The Balaban J connectivity index is 1.34. The van der Waals surface area contributed by atoms with Crippen molar-refractivity contribution in [1.82, 2.24) is 8.61 Å². The maximum absolute atomic E-state index is 11.9. The average molecular weight is 509 g/mol. The molecule has 2 saturated heterocycles. The highest BCUT2D eigenvalue weighted by molar-refractivity contribution is 8.86. The minimum absolute atomic E-state index is 0.148. The third kappa shape index (κ3) is 12.8. The molecule has 27 heavy (non-hydrogen) atoms. The molecule has 2 rings (SSSR count). The normalized spacial score (nSPS) is 19.3. The summed E-state index contributed by atoms with van der Waals surface area (Å²) in [6, 6.07) is 0. The molecule has 2 fully saturated rings. The van der Waals surface area contributed by atoms with Crippen LogP contribution in [0.1, 0.15) is 0 Å². The van der Waals surface area contributed by atoms with Crippen LogP contribution in [0.3, 0.4) is 0 Å². The molecule has 6 nitrogen and oxygen atoms in total. The van der Waals surface area contributed by atoms with Gasteiger partial charge in [-0.05, 0) is 21.6 Å². The first-order valence-electron chi connectivity index (χ1n) is 8.50. The standard InChI is InChI=1S/C14H24N2O4S7/c17-13(24-15-1-5-19-6-2-15)26-22-11-9-21-10-12-23-27-14(18)25-16-3-7-20-8-4-16/h1-12H2. The highest BCUT2D eigenvalue weighted by Gasteiger charge is 2.16. The van der Waals surface area contributed by atoms with Gasteiger partial charge in [-0.3, -0.25) is 9.59 Å². The number of ether oxygens (including phenoxy) is 2. The summed E-state index contributed by atoms with van der Waals surface area (Å²) in [7, 11) is 5.91. The molecule has 156 valence electrons. The van der Waals surface area contributed by atoms with Crippen molar-refractivity contribution in [2.45, 2.75) is 0 Å². The number of carbonyl (C=O) groups is 2. The topological polar surface area (TPSA) is 59.1 Å². The van der Waals surface area contributed by atoms with Gasteiger partial charge in [0.15, 0.2) is 0 Å². The molecular formula is C14H24N2O4S7. The summed E-state index contributed by atoms with van der Waals surface area (Å²) in [5.41, 5.74) is 0. The molecule has 0 bridgehead atoms. The van der Waals surface area contributed by atoms with Gasteiger partial charge < -0.3 is 9.47 Å². The molecule has 0 aromatic carbocycles. The van der Waals surface area contributed by atoms with Crippen LogP contribution in [0.4, 0.5) is 9.59 Å². The molecule has 0 radical (unpaired) electrons. The first-order chi connectivity index (χ1) is 13.2. The van der Waals surface area contributed by atoms with E-state index in [1.54, 1.807) is 21.6 Å². The van der Waals surface area contributed by atoms with Crippen LogP contribution in [0.15, 0.2) is 0 Å². The Morgan fingerprint density at radius 2 is 1.07 bits per heavy atom. The van der Waals surface area contributed by atoms with E-state index in [1.165, 1.54) is 45.5 Å². The quantitative estimate of drug-likeness (QED) is 0.233. The Hall–Kier alpha value is 1.63. The van der Waals surface area contributed by atoms with E-state index in [1.807, 2.05) is 11.8 Å². The molecule has 0 N–H and O–H groups in total. The lowest BCUT2D eigenvalue weighted by Gasteiger charge is -2.23. The fraction of sp³-hybridized carbons (Fsp3) is 0.857. The maximum Gasteiger partial charge on any atom is 0.271 e. The SMILES string of the molecule is O=C(SSCCSCCSSC(=O)SN1CCOCC1)SN1CCOCC1. The molecular weight excluding hydrogens is 485 g/mol. The van der Waals surface area contributed by atoms with Crippen LogP contribution in [0.5, 0.6) is 0 Å². The summed E-state index contributed by atoms with van der Waals surface area (Å²) in [5, 5.41) is 0. The number of carbonyl (C=O) groups excluding carboxylic acids is 2. The van der Waals surface area contributed by atoms with E-state index in [4.69, 9.17) is 9.47 Å². The zero-order chi connectivity index (χ0) is 19.2. The minimum atomic E-state index is 0.148. The summed E-state index contributed by atoms with van der Waals surface area (Å²) in [6.45, 7) is 6.12.